The van der Waals surface area contributed by atoms with Crippen molar-refractivity contribution >= 4 is 17.6 Å². The predicted molar refractivity (Wildman–Crippen MR) is 99.5 cm³/mol. The molecule has 0 aliphatic rings. The first-order valence-corrected chi connectivity index (χ1v) is 9.08. The Bertz CT molecular complexity index is 932. The molecule has 0 atom stereocenters. The third-order valence-electron chi connectivity index (χ3n) is 4.10. The van der Waals surface area contributed by atoms with Crippen LogP contribution in [0.15, 0.2) is 24.3 Å². The average molecular weight is 389 g/mol. The van der Waals surface area contributed by atoms with Crippen LogP contribution in [0, 0.1) is 13.8 Å². The monoisotopic (exact) mass is 388 g/mol. The van der Waals surface area contributed by atoms with Crippen LogP contribution >= 0.6 is 11.6 Å². The average Bonchev–Trinajstić information content (AvgIpc) is 3.19. The molecule has 8 nitrogen and oxygen atoms in total. The van der Waals surface area contributed by atoms with Gasteiger partial charge in [0.05, 0.1) is 12.2 Å². The molecule has 2 aromatic heterocycles. The van der Waals surface area contributed by atoms with Crippen molar-refractivity contribution < 1.29 is 9.53 Å². The van der Waals surface area contributed by atoms with Crippen molar-refractivity contribution in [2.75, 3.05) is 0 Å². The van der Waals surface area contributed by atoms with E-state index in [0.29, 0.717) is 24.6 Å². The van der Waals surface area contributed by atoms with E-state index >= 15 is 0 Å². The van der Waals surface area contributed by atoms with Gasteiger partial charge in [0.2, 0.25) is 0 Å². The highest BCUT2D eigenvalue weighted by molar-refractivity contribution is 6.32. The summed E-state index contributed by atoms with van der Waals surface area (Å²) in [4.78, 5) is 12.5. The van der Waals surface area contributed by atoms with Crippen molar-refractivity contribution in [3.63, 3.8) is 0 Å². The molecule has 0 saturated carbocycles. The van der Waals surface area contributed by atoms with Crippen LogP contribution in [-0.2, 0) is 24.4 Å². The fraction of sp³-hybridized carbons (Fsp3) is 0.389. The van der Waals surface area contributed by atoms with Crippen LogP contribution < -0.4 is 0 Å². The molecule has 0 fully saturated rings. The summed E-state index contributed by atoms with van der Waals surface area (Å²) < 4.78 is 8.57. The van der Waals surface area contributed by atoms with Gasteiger partial charge in [-0.3, -0.25) is 0 Å². The maximum atomic E-state index is 12.5. The fourth-order valence-electron chi connectivity index (χ4n) is 2.67. The number of rotatable bonds is 7. The zero-order valence-electron chi connectivity index (χ0n) is 15.5. The molecule has 0 saturated heterocycles. The fourth-order valence-corrected chi connectivity index (χ4v) is 2.98. The SMILES string of the molecule is CCCn1nnnc1COC(=O)c1c(C)nn(Cc2ccc(C)cc2)c1Cl. The number of esters is 1. The van der Waals surface area contributed by atoms with Crippen LogP contribution in [0.3, 0.4) is 0 Å². The molecule has 3 aromatic rings. The molecule has 3 rings (SSSR count). The van der Waals surface area contributed by atoms with Gasteiger partial charge in [-0.1, -0.05) is 48.4 Å². The van der Waals surface area contributed by atoms with E-state index in [9.17, 15) is 4.79 Å². The Morgan fingerprint density at radius 1 is 1.19 bits per heavy atom. The van der Waals surface area contributed by atoms with E-state index in [-0.39, 0.29) is 17.3 Å². The molecule has 0 radical (unpaired) electrons. The van der Waals surface area contributed by atoms with Crippen LogP contribution in [0.1, 0.15) is 46.3 Å². The van der Waals surface area contributed by atoms with Gasteiger partial charge in [-0.25, -0.2) is 14.2 Å². The third kappa shape index (κ3) is 4.33. The predicted octanol–water partition coefficient (Wildman–Crippen LogP) is 2.96. The quantitative estimate of drug-likeness (QED) is 0.578. The van der Waals surface area contributed by atoms with E-state index in [2.05, 4.69) is 20.6 Å². The maximum absolute atomic E-state index is 12.5. The Labute approximate surface area is 162 Å². The molecule has 142 valence electrons. The summed E-state index contributed by atoms with van der Waals surface area (Å²) in [6.45, 7) is 6.89. The van der Waals surface area contributed by atoms with Crippen molar-refractivity contribution in [3.8, 4) is 0 Å². The molecule has 0 amide bonds. The van der Waals surface area contributed by atoms with Gasteiger partial charge in [0.1, 0.15) is 10.7 Å². The molecule has 27 heavy (non-hydrogen) atoms. The molecule has 0 bridgehead atoms. The number of nitrogens with zero attached hydrogens (tertiary/aromatic N) is 6. The molecule has 0 spiro atoms. The summed E-state index contributed by atoms with van der Waals surface area (Å²) in [5.74, 6) is -0.0512. The Hall–Kier alpha value is -2.74. The number of carbonyl (C=O) groups excluding carboxylic acids is 1. The van der Waals surface area contributed by atoms with Gasteiger partial charge in [0, 0.05) is 6.54 Å². The highest BCUT2D eigenvalue weighted by Gasteiger charge is 2.22. The maximum Gasteiger partial charge on any atom is 0.343 e. The minimum Gasteiger partial charge on any atom is -0.454 e. The van der Waals surface area contributed by atoms with Crippen LogP contribution in [0.2, 0.25) is 5.15 Å². The molecule has 0 aliphatic heterocycles. The molecule has 0 unspecified atom stereocenters. The van der Waals surface area contributed by atoms with Gasteiger partial charge in [0.25, 0.3) is 0 Å². The smallest absolute Gasteiger partial charge is 0.343 e. The molecular weight excluding hydrogens is 368 g/mol. The lowest BCUT2D eigenvalue weighted by Crippen LogP contribution is -2.12. The lowest BCUT2D eigenvalue weighted by molar-refractivity contribution is 0.0455. The summed E-state index contributed by atoms with van der Waals surface area (Å²) in [5.41, 5.74) is 3.00. The van der Waals surface area contributed by atoms with Gasteiger partial charge < -0.3 is 4.74 Å². The number of tetrazole rings is 1. The number of ether oxygens (including phenoxy) is 1. The molecule has 9 heteroatoms. The van der Waals surface area contributed by atoms with Crippen molar-refractivity contribution in [1.29, 1.82) is 0 Å². The van der Waals surface area contributed by atoms with Crippen LogP contribution in [0.4, 0.5) is 0 Å². The molecular formula is C18H21ClN6O2. The van der Waals surface area contributed by atoms with Crippen molar-refractivity contribution in [2.45, 2.75) is 46.9 Å². The summed E-state index contributed by atoms with van der Waals surface area (Å²) in [7, 11) is 0. The van der Waals surface area contributed by atoms with Crippen LogP contribution in [0.25, 0.3) is 0 Å². The third-order valence-corrected chi connectivity index (χ3v) is 4.48. The van der Waals surface area contributed by atoms with Crippen molar-refractivity contribution in [2.24, 2.45) is 0 Å². The number of aromatic nitrogens is 6. The zero-order chi connectivity index (χ0) is 19.4. The second kappa shape index (κ2) is 8.30. The first kappa shape index (κ1) is 19.0. The van der Waals surface area contributed by atoms with Gasteiger partial charge in [-0.2, -0.15) is 5.10 Å². The number of halogens is 1. The Morgan fingerprint density at radius 2 is 1.93 bits per heavy atom. The second-order valence-electron chi connectivity index (χ2n) is 6.29. The lowest BCUT2D eigenvalue weighted by Gasteiger charge is -2.06. The normalized spacial score (nSPS) is 11.0. The lowest BCUT2D eigenvalue weighted by atomic mass is 10.1. The molecule has 0 aliphatic carbocycles. The van der Waals surface area contributed by atoms with Gasteiger partial charge in [-0.15, -0.1) is 5.10 Å². The van der Waals surface area contributed by atoms with Crippen molar-refractivity contribution in [3.05, 3.63) is 57.6 Å². The first-order chi connectivity index (χ1) is 13.0. The van der Waals surface area contributed by atoms with E-state index in [4.69, 9.17) is 16.3 Å². The van der Waals surface area contributed by atoms with E-state index in [1.807, 2.05) is 38.1 Å². The number of hydrogen-bond donors (Lipinski definition) is 0. The largest absolute Gasteiger partial charge is 0.454 e. The first-order valence-electron chi connectivity index (χ1n) is 8.70. The van der Waals surface area contributed by atoms with E-state index in [0.717, 1.165) is 12.0 Å². The highest BCUT2D eigenvalue weighted by Crippen LogP contribution is 2.22. The summed E-state index contributed by atoms with van der Waals surface area (Å²) >= 11 is 6.40. The highest BCUT2D eigenvalue weighted by atomic mass is 35.5. The van der Waals surface area contributed by atoms with Crippen LogP contribution in [0.5, 0.6) is 0 Å². The standard InChI is InChI=1S/C18H21ClN6O2/c1-4-9-24-15(20-22-23-24)11-27-18(26)16-13(3)21-25(17(16)19)10-14-7-5-12(2)6-8-14/h5-8H,4,9-11H2,1-3H3. The summed E-state index contributed by atoms with van der Waals surface area (Å²) in [5, 5.41) is 16.0. The van der Waals surface area contributed by atoms with E-state index < -0.39 is 5.97 Å². The number of hydrogen-bond acceptors (Lipinski definition) is 6. The van der Waals surface area contributed by atoms with E-state index in [1.54, 1.807) is 16.3 Å². The minimum absolute atomic E-state index is 0.0231. The Kier molecular flexibility index (Phi) is 5.85. The summed E-state index contributed by atoms with van der Waals surface area (Å²) in [6, 6.07) is 8.06. The second-order valence-corrected chi connectivity index (χ2v) is 6.65. The van der Waals surface area contributed by atoms with Crippen molar-refractivity contribution in [1.82, 2.24) is 30.0 Å². The van der Waals surface area contributed by atoms with Crippen LogP contribution in [-0.4, -0.2) is 36.0 Å². The number of aryl methyl sites for hydroxylation is 3. The van der Waals surface area contributed by atoms with Gasteiger partial charge in [-0.05, 0) is 36.3 Å². The van der Waals surface area contributed by atoms with Gasteiger partial charge >= 0.3 is 5.97 Å². The number of carbonyl (C=O) groups is 1. The molecule has 1 aromatic carbocycles. The molecule has 0 N–H and O–H groups in total. The Balaban J connectivity index is 1.72. The van der Waals surface area contributed by atoms with E-state index in [1.165, 1.54) is 5.56 Å². The Morgan fingerprint density at radius 3 is 2.63 bits per heavy atom. The van der Waals surface area contributed by atoms with Gasteiger partial charge in [0.15, 0.2) is 12.4 Å². The minimum atomic E-state index is -0.543. The topological polar surface area (TPSA) is 87.7 Å². The molecule has 2 heterocycles. The number of benzene rings is 1. The zero-order valence-corrected chi connectivity index (χ0v) is 16.3. The summed E-state index contributed by atoms with van der Waals surface area (Å²) in [6.07, 6.45) is 0.878.